The summed E-state index contributed by atoms with van der Waals surface area (Å²) in [6.45, 7) is 0. The summed E-state index contributed by atoms with van der Waals surface area (Å²) < 4.78 is 2.17. The first-order chi connectivity index (χ1) is 6.93. The minimum atomic E-state index is 0.645. The van der Waals surface area contributed by atoms with Gasteiger partial charge in [0.2, 0.25) is 5.95 Å². The standard InChI is InChI=1S/C9H11N5/c1-2-8(1)14-4-3-10-9(14)13-7-5-11-12-6-7/h3-6,8H,1-2H2,(H,10,13)(H,11,12). The third-order valence-corrected chi connectivity index (χ3v) is 2.36. The van der Waals surface area contributed by atoms with Crippen LogP contribution in [0.2, 0.25) is 0 Å². The molecular formula is C9H11N5. The molecule has 1 fully saturated rings. The highest BCUT2D eigenvalue weighted by Crippen LogP contribution is 2.37. The SMILES string of the molecule is c1cn(C2CC2)c(Nc2cn[nH]c2)n1. The molecule has 72 valence electrons. The van der Waals surface area contributed by atoms with Crippen LogP contribution in [0.15, 0.2) is 24.8 Å². The third-order valence-electron chi connectivity index (χ3n) is 2.36. The second kappa shape index (κ2) is 2.87. The molecule has 5 heteroatoms. The smallest absolute Gasteiger partial charge is 0.207 e. The fraction of sp³-hybridized carbons (Fsp3) is 0.333. The third kappa shape index (κ3) is 1.26. The van der Waals surface area contributed by atoms with E-state index < -0.39 is 0 Å². The Balaban J connectivity index is 1.85. The van der Waals surface area contributed by atoms with Crippen molar-refractivity contribution in [3.05, 3.63) is 24.8 Å². The summed E-state index contributed by atoms with van der Waals surface area (Å²) in [5.74, 6) is 0.897. The van der Waals surface area contributed by atoms with Crippen LogP contribution in [-0.4, -0.2) is 19.7 Å². The van der Waals surface area contributed by atoms with E-state index in [1.54, 1.807) is 6.20 Å². The number of rotatable bonds is 3. The van der Waals surface area contributed by atoms with Gasteiger partial charge >= 0.3 is 0 Å². The van der Waals surface area contributed by atoms with Crippen molar-refractivity contribution in [2.75, 3.05) is 5.32 Å². The lowest BCUT2D eigenvalue weighted by Crippen LogP contribution is -2.00. The molecule has 0 atom stereocenters. The first kappa shape index (κ1) is 7.61. The summed E-state index contributed by atoms with van der Waals surface area (Å²) in [7, 11) is 0. The first-order valence-electron chi connectivity index (χ1n) is 4.72. The van der Waals surface area contributed by atoms with Gasteiger partial charge in [0.15, 0.2) is 0 Å². The summed E-state index contributed by atoms with van der Waals surface area (Å²) >= 11 is 0. The molecule has 0 aliphatic heterocycles. The van der Waals surface area contributed by atoms with Gasteiger partial charge in [-0.3, -0.25) is 5.10 Å². The lowest BCUT2D eigenvalue weighted by Gasteiger charge is -2.05. The van der Waals surface area contributed by atoms with Gasteiger partial charge < -0.3 is 9.88 Å². The Morgan fingerprint density at radius 2 is 2.43 bits per heavy atom. The molecule has 2 heterocycles. The van der Waals surface area contributed by atoms with E-state index in [1.807, 2.05) is 18.6 Å². The highest BCUT2D eigenvalue weighted by molar-refractivity contribution is 5.50. The largest absolute Gasteiger partial charge is 0.323 e. The molecule has 1 saturated carbocycles. The summed E-state index contributed by atoms with van der Waals surface area (Å²) in [5.41, 5.74) is 0.943. The van der Waals surface area contributed by atoms with Crippen LogP contribution in [0.4, 0.5) is 11.6 Å². The Labute approximate surface area is 81.2 Å². The number of H-pyrrole nitrogens is 1. The van der Waals surface area contributed by atoms with Crippen LogP contribution in [0.25, 0.3) is 0 Å². The predicted octanol–water partition coefficient (Wildman–Crippen LogP) is 1.68. The van der Waals surface area contributed by atoms with E-state index in [-0.39, 0.29) is 0 Å². The van der Waals surface area contributed by atoms with Crippen LogP contribution in [0.5, 0.6) is 0 Å². The molecule has 14 heavy (non-hydrogen) atoms. The average Bonchev–Trinajstić information content (AvgIpc) is 2.74. The number of hydrogen-bond donors (Lipinski definition) is 2. The second-order valence-electron chi connectivity index (χ2n) is 3.50. The molecular weight excluding hydrogens is 178 g/mol. The predicted molar refractivity (Wildman–Crippen MR) is 52.4 cm³/mol. The number of hydrogen-bond acceptors (Lipinski definition) is 3. The fourth-order valence-corrected chi connectivity index (χ4v) is 1.51. The molecule has 0 bridgehead atoms. The van der Waals surface area contributed by atoms with Gasteiger partial charge in [-0.25, -0.2) is 4.98 Å². The Kier molecular flexibility index (Phi) is 1.56. The van der Waals surface area contributed by atoms with Crippen molar-refractivity contribution < 1.29 is 0 Å². The summed E-state index contributed by atoms with van der Waals surface area (Å²) in [6, 6.07) is 0.645. The van der Waals surface area contributed by atoms with Crippen LogP contribution >= 0.6 is 0 Å². The minimum absolute atomic E-state index is 0.645. The molecule has 0 spiro atoms. The van der Waals surface area contributed by atoms with E-state index >= 15 is 0 Å². The van der Waals surface area contributed by atoms with Crippen molar-refractivity contribution in [2.24, 2.45) is 0 Å². The van der Waals surface area contributed by atoms with Gasteiger partial charge in [-0.05, 0) is 12.8 Å². The van der Waals surface area contributed by atoms with E-state index in [4.69, 9.17) is 0 Å². The van der Waals surface area contributed by atoms with Gasteiger partial charge in [0.05, 0.1) is 11.9 Å². The van der Waals surface area contributed by atoms with E-state index in [0.29, 0.717) is 6.04 Å². The molecule has 2 aromatic heterocycles. The van der Waals surface area contributed by atoms with Gasteiger partial charge in [-0.15, -0.1) is 0 Å². The normalized spacial score (nSPS) is 15.7. The summed E-state index contributed by atoms with van der Waals surface area (Å²) in [5, 5.41) is 9.84. The molecule has 1 aliphatic rings. The van der Waals surface area contributed by atoms with Gasteiger partial charge in [-0.1, -0.05) is 0 Å². The maximum absolute atomic E-state index is 4.26. The number of nitrogens with one attached hydrogen (secondary N) is 2. The van der Waals surface area contributed by atoms with Crippen LogP contribution < -0.4 is 5.32 Å². The lowest BCUT2D eigenvalue weighted by atomic mass is 10.5. The van der Waals surface area contributed by atoms with Crippen molar-refractivity contribution in [3.8, 4) is 0 Å². The number of imidazole rings is 1. The fourth-order valence-electron chi connectivity index (χ4n) is 1.51. The molecule has 0 unspecified atom stereocenters. The topological polar surface area (TPSA) is 58.5 Å². The van der Waals surface area contributed by atoms with Crippen molar-refractivity contribution in [2.45, 2.75) is 18.9 Å². The minimum Gasteiger partial charge on any atom is -0.323 e. The van der Waals surface area contributed by atoms with Gasteiger partial charge in [-0.2, -0.15) is 5.10 Å². The number of anilines is 2. The van der Waals surface area contributed by atoms with Gasteiger partial charge in [0, 0.05) is 24.6 Å². The van der Waals surface area contributed by atoms with Gasteiger partial charge in [0.1, 0.15) is 0 Å². The van der Waals surface area contributed by atoms with Crippen LogP contribution in [0, 0.1) is 0 Å². The Morgan fingerprint density at radius 1 is 1.50 bits per heavy atom. The number of nitrogens with zero attached hydrogens (tertiary/aromatic N) is 3. The van der Waals surface area contributed by atoms with Crippen LogP contribution in [0.3, 0.4) is 0 Å². The quantitative estimate of drug-likeness (QED) is 0.772. The summed E-state index contributed by atoms with van der Waals surface area (Å²) in [6.07, 6.45) is 9.91. The molecule has 2 N–H and O–H groups in total. The van der Waals surface area contributed by atoms with E-state index in [2.05, 4.69) is 25.1 Å². The first-order valence-corrected chi connectivity index (χ1v) is 4.72. The molecule has 0 saturated heterocycles. The second-order valence-corrected chi connectivity index (χ2v) is 3.50. The zero-order valence-electron chi connectivity index (χ0n) is 7.64. The molecule has 3 rings (SSSR count). The molecule has 0 amide bonds. The van der Waals surface area contributed by atoms with E-state index in [9.17, 15) is 0 Å². The Morgan fingerprint density at radius 3 is 3.14 bits per heavy atom. The van der Waals surface area contributed by atoms with Crippen molar-refractivity contribution in [3.63, 3.8) is 0 Å². The monoisotopic (exact) mass is 189 g/mol. The molecule has 5 nitrogen and oxygen atoms in total. The van der Waals surface area contributed by atoms with Crippen molar-refractivity contribution in [1.29, 1.82) is 0 Å². The highest BCUT2D eigenvalue weighted by Gasteiger charge is 2.25. The zero-order valence-corrected chi connectivity index (χ0v) is 7.64. The Hall–Kier alpha value is -1.78. The molecule has 1 aliphatic carbocycles. The zero-order chi connectivity index (χ0) is 9.38. The molecule has 0 radical (unpaired) electrons. The number of aromatic nitrogens is 4. The maximum Gasteiger partial charge on any atom is 0.207 e. The van der Waals surface area contributed by atoms with E-state index in [1.165, 1.54) is 12.8 Å². The highest BCUT2D eigenvalue weighted by atomic mass is 15.2. The number of aromatic amines is 1. The van der Waals surface area contributed by atoms with Crippen LogP contribution in [-0.2, 0) is 0 Å². The summed E-state index contributed by atoms with van der Waals surface area (Å²) in [4.78, 5) is 4.26. The van der Waals surface area contributed by atoms with Crippen molar-refractivity contribution in [1.82, 2.24) is 19.7 Å². The molecule has 0 aromatic carbocycles. The van der Waals surface area contributed by atoms with Crippen LogP contribution in [0.1, 0.15) is 18.9 Å². The van der Waals surface area contributed by atoms with Gasteiger partial charge in [0.25, 0.3) is 0 Å². The van der Waals surface area contributed by atoms with E-state index in [0.717, 1.165) is 11.6 Å². The average molecular weight is 189 g/mol. The maximum atomic E-state index is 4.26. The molecule has 2 aromatic rings. The Bertz CT molecular complexity index is 412. The lowest BCUT2D eigenvalue weighted by molar-refractivity contribution is 0.751. The van der Waals surface area contributed by atoms with Crippen molar-refractivity contribution >= 4 is 11.6 Å².